The highest BCUT2D eigenvalue weighted by atomic mass is 16.5. The van der Waals surface area contributed by atoms with Gasteiger partial charge in [-0.3, -0.25) is 9.78 Å². The van der Waals surface area contributed by atoms with Crippen molar-refractivity contribution in [2.24, 2.45) is 5.92 Å². The molecule has 30 heavy (non-hydrogen) atoms. The SMILES string of the molecule is Cc1cnc(O[C@@H]2C[C@H]3CC[C@@H]2N(C(=O)c2ccccc2-c2ncccn2)C3)cn1. The molecular formula is C23H23N5O2. The van der Waals surface area contributed by atoms with E-state index in [4.69, 9.17) is 4.74 Å². The number of amides is 1. The summed E-state index contributed by atoms with van der Waals surface area (Å²) in [5, 5.41) is 0. The quantitative estimate of drug-likeness (QED) is 0.667. The predicted octanol–water partition coefficient (Wildman–Crippen LogP) is 3.31. The molecule has 152 valence electrons. The molecule has 3 aliphatic rings. The Morgan fingerprint density at radius 2 is 1.87 bits per heavy atom. The molecule has 7 heteroatoms. The van der Waals surface area contributed by atoms with E-state index in [2.05, 4.69) is 19.9 Å². The summed E-state index contributed by atoms with van der Waals surface area (Å²) in [6.45, 7) is 2.65. The van der Waals surface area contributed by atoms with Crippen LogP contribution in [0.25, 0.3) is 11.4 Å². The maximum Gasteiger partial charge on any atom is 0.254 e. The van der Waals surface area contributed by atoms with Gasteiger partial charge in [0.15, 0.2) is 5.82 Å². The molecule has 3 atom stereocenters. The van der Waals surface area contributed by atoms with Crippen molar-refractivity contribution in [3.63, 3.8) is 0 Å². The van der Waals surface area contributed by atoms with Crippen molar-refractivity contribution in [2.45, 2.75) is 38.3 Å². The van der Waals surface area contributed by atoms with E-state index in [-0.39, 0.29) is 18.1 Å². The van der Waals surface area contributed by atoms with Crippen molar-refractivity contribution in [1.29, 1.82) is 0 Å². The number of hydrogen-bond acceptors (Lipinski definition) is 6. The van der Waals surface area contributed by atoms with E-state index in [1.54, 1.807) is 30.9 Å². The van der Waals surface area contributed by atoms with E-state index in [0.717, 1.165) is 37.1 Å². The van der Waals surface area contributed by atoms with Crippen LogP contribution >= 0.6 is 0 Å². The van der Waals surface area contributed by atoms with E-state index in [1.807, 2.05) is 36.1 Å². The van der Waals surface area contributed by atoms with Crippen molar-refractivity contribution in [2.75, 3.05) is 6.54 Å². The van der Waals surface area contributed by atoms with Crippen LogP contribution in [-0.4, -0.2) is 49.4 Å². The first-order valence-electron chi connectivity index (χ1n) is 10.3. The van der Waals surface area contributed by atoms with Gasteiger partial charge in [0.2, 0.25) is 5.88 Å². The van der Waals surface area contributed by atoms with Gasteiger partial charge < -0.3 is 9.64 Å². The number of carbonyl (C=O) groups excluding carboxylic acids is 1. The third-order valence-corrected chi connectivity index (χ3v) is 5.98. The Kier molecular flexibility index (Phi) is 4.86. The first kappa shape index (κ1) is 18.7. The molecule has 2 aromatic heterocycles. The Bertz CT molecular complexity index is 1040. The lowest BCUT2D eigenvalue weighted by atomic mass is 9.77. The zero-order chi connectivity index (χ0) is 20.5. The van der Waals surface area contributed by atoms with Gasteiger partial charge in [-0.15, -0.1) is 0 Å². The number of piperidine rings is 2. The molecule has 0 radical (unpaired) electrons. The number of aromatic nitrogens is 4. The lowest BCUT2D eigenvalue weighted by Gasteiger charge is -2.49. The third kappa shape index (κ3) is 3.51. The Hall–Kier alpha value is -3.35. The summed E-state index contributed by atoms with van der Waals surface area (Å²) >= 11 is 0. The smallest absolute Gasteiger partial charge is 0.254 e. The molecule has 0 unspecified atom stereocenters. The van der Waals surface area contributed by atoms with Gasteiger partial charge >= 0.3 is 0 Å². The van der Waals surface area contributed by atoms with E-state index < -0.39 is 0 Å². The highest BCUT2D eigenvalue weighted by Crippen LogP contribution is 2.38. The molecule has 0 spiro atoms. The van der Waals surface area contributed by atoms with Crippen LogP contribution < -0.4 is 4.74 Å². The van der Waals surface area contributed by atoms with Gasteiger partial charge in [0.25, 0.3) is 5.91 Å². The Balaban J connectivity index is 1.42. The summed E-state index contributed by atoms with van der Waals surface area (Å²) in [4.78, 5) is 32.9. The molecule has 2 aliphatic heterocycles. The molecule has 4 heterocycles. The number of benzene rings is 1. The summed E-state index contributed by atoms with van der Waals surface area (Å²) in [5.74, 6) is 1.52. The van der Waals surface area contributed by atoms with Crippen LogP contribution in [-0.2, 0) is 0 Å². The fourth-order valence-electron chi connectivity index (χ4n) is 4.55. The van der Waals surface area contributed by atoms with Crippen LogP contribution in [0.15, 0.2) is 55.1 Å². The average molecular weight is 401 g/mol. The van der Waals surface area contributed by atoms with Gasteiger partial charge in [-0.1, -0.05) is 18.2 Å². The van der Waals surface area contributed by atoms with Gasteiger partial charge in [0, 0.05) is 24.5 Å². The number of carbonyl (C=O) groups is 1. The van der Waals surface area contributed by atoms with Gasteiger partial charge in [0.05, 0.1) is 29.7 Å². The first-order chi connectivity index (χ1) is 14.7. The summed E-state index contributed by atoms with van der Waals surface area (Å²) in [6.07, 6.45) is 9.67. The molecule has 2 saturated heterocycles. The van der Waals surface area contributed by atoms with Crippen LogP contribution in [0, 0.1) is 12.8 Å². The normalized spacial score (nSPS) is 22.7. The van der Waals surface area contributed by atoms with Crippen molar-refractivity contribution < 1.29 is 9.53 Å². The summed E-state index contributed by atoms with van der Waals surface area (Å²) in [5.41, 5.74) is 2.24. The highest BCUT2D eigenvalue weighted by molar-refractivity contribution is 6.00. The van der Waals surface area contributed by atoms with Crippen LogP contribution in [0.2, 0.25) is 0 Å². The number of aryl methyl sites for hydroxylation is 1. The fraction of sp³-hybridized carbons (Fsp3) is 0.348. The third-order valence-electron chi connectivity index (χ3n) is 5.98. The molecule has 2 bridgehead atoms. The minimum absolute atomic E-state index is 0.0102. The number of nitrogens with zero attached hydrogens (tertiary/aromatic N) is 5. The Morgan fingerprint density at radius 3 is 2.63 bits per heavy atom. The van der Waals surface area contributed by atoms with E-state index in [9.17, 15) is 4.79 Å². The zero-order valence-electron chi connectivity index (χ0n) is 16.8. The summed E-state index contributed by atoms with van der Waals surface area (Å²) < 4.78 is 6.18. The molecule has 1 aliphatic carbocycles. The summed E-state index contributed by atoms with van der Waals surface area (Å²) in [6, 6.07) is 9.35. The molecule has 0 N–H and O–H groups in total. The lowest BCUT2D eigenvalue weighted by Crippen LogP contribution is -2.59. The van der Waals surface area contributed by atoms with Crippen LogP contribution in [0.3, 0.4) is 0 Å². The number of hydrogen-bond donors (Lipinski definition) is 0. The zero-order valence-corrected chi connectivity index (χ0v) is 16.8. The first-order valence-corrected chi connectivity index (χ1v) is 10.3. The van der Waals surface area contributed by atoms with Crippen LogP contribution in [0.4, 0.5) is 0 Å². The molecule has 1 amide bonds. The van der Waals surface area contributed by atoms with Crippen molar-refractivity contribution in [3.8, 4) is 17.3 Å². The second kappa shape index (κ2) is 7.82. The van der Waals surface area contributed by atoms with E-state index in [0.29, 0.717) is 23.2 Å². The number of fused-ring (bicyclic) bond motifs is 3. The molecule has 6 rings (SSSR count). The largest absolute Gasteiger partial charge is 0.471 e. The lowest BCUT2D eigenvalue weighted by molar-refractivity contribution is -0.0314. The molecule has 1 saturated carbocycles. The van der Waals surface area contributed by atoms with Crippen molar-refractivity contribution in [1.82, 2.24) is 24.8 Å². The highest BCUT2D eigenvalue weighted by Gasteiger charge is 2.44. The fourth-order valence-corrected chi connectivity index (χ4v) is 4.55. The Labute approximate surface area is 175 Å². The van der Waals surface area contributed by atoms with Gasteiger partial charge in [-0.2, -0.15) is 0 Å². The van der Waals surface area contributed by atoms with Crippen molar-refractivity contribution >= 4 is 5.91 Å². The minimum atomic E-state index is -0.0707. The molecule has 7 nitrogen and oxygen atoms in total. The molecular weight excluding hydrogens is 378 g/mol. The van der Waals surface area contributed by atoms with Crippen LogP contribution in [0.5, 0.6) is 5.88 Å². The standard InChI is InChI=1S/C23H23N5O2/c1-15-12-27-21(13-26-15)30-20-11-16-7-8-19(20)28(14-16)23(29)18-6-3-2-5-17(18)22-24-9-4-10-25-22/h2-6,9-10,12-13,16,19-20H,7-8,11,14H2,1H3/t16-,19+,20-/m1/s1. The van der Waals surface area contributed by atoms with Gasteiger partial charge in [-0.05, 0) is 44.2 Å². The van der Waals surface area contributed by atoms with E-state index in [1.165, 1.54) is 0 Å². The van der Waals surface area contributed by atoms with Gasteiger partial charge in [0.1, 0.15) is 6.10 Å². The monoisotopic (exact) mass is 401 g/mol. The predicted molar refractivity (Wildman–Crippen MR) is 111 cm³/mol. The topological polar surface area (TPSA) is 81.1 Å². The van der Waals surface area contributed by atoms with Gasteiger partial charge in [-0.25, -0.2) is 15.0 Å². The molecule has 3 aromatic rings. The molecule has 1 aromatic carbocycles. The second-order valence-corrected chi connectivity index (χ2v) is 7.97. The maximum atomic E-state index is 13.6. The van der Waals surface area contributed by atoms with Crippen molar-refractivity contribution in [3.05, 3.63) is 66.4 Å². The molecule has 3 fully saturated rings. The minimum Gasteiger partial charge on any atom is -0.471 e. The number of rotatable bonds is 4. The van der Waals surface area contributed by atoms with Crippen LogP contribution in [0.1, 0.15) is 35.3 Å². The van der Waals surface area contributed by atoms with E-state index >= 15 is 0 Å². The average Bonchev–Trinajstić information content (AvgIpc) is 2.81. The second-order valence-electron chi connectivity index (χ2n) is 7.97. The maximum absolute atomic E-state index is 13.6. The summed E-state index contributed by atoms with van der Waals surface area (Å²) in [7, 11) is 0. The number of ether oxygens (including phenoxy) is 1. The Morgan fingerprint density at radius 1 is 1.03 bits per heavy atom.